The third-order valence-corrected chi connectivity index (χ3v) is 4.34. The van der Waals surface area contributed by atoms with Gasteiger partial charge in [-0.3, -0.25) is 9.63 Å². The molecule has 1 fully saturated rings. The zero-order chi connectivity index (χ0) is 15.6. The van der Waals surface area contributed by atoms with Crippen LogP contribution in [-0.4, -0.2) is 42.6 Å². The summed E-state index contributed by atoms with van der Waals surface area (Å²) in [5.74, 6) is -1.81. The molecule has 0 saturated carbocycles. The van der Waals surface area contributed by atoms with Crippen LogP contribution in [0.2, 0.25) is 0 Å². The first-order chi connectivity index (χ1) is 9.85. The van der Waals surface area contributed by atoms with Crippen molar-refractivity contribution >= 4 is 21.9 Å². The molecule has 2 heterocycles. The van der Waals surface area contributed by atoms with E-state index in [1.165, 1.54) is 10.8 Å². The van der Waals surface area contributed by atoms with Crippen molar-refractivity contribution in [2.24, 2.45) is 0 Å². The van der Waals surface area contributed by atoms with Gasteiger partial charge >= 0.3 is 5.97 Å². The maximum absolute atomic E-state index is 12.2. The lowest BCUT2D eigenvalue weighted by Gasteiger charge is -2.07. The Balaban J connectivity index is 2.29. The van der Waals surface area contributed by atoms with Gasteiger partial charge in [0.05, 0.1) is 0 Å². The second-order valence-corrected chi connectivity index (χ2v) is 6.22. The van der Waals surface area contributed by atoms with Crippen molar-refractivity contribution < 1.29 is 28.0 Å². The highest BCUT2D eigenvalue weighted by molar-refractivity contribution is 7.89. The van der Waals surface area contributed by atoms with E-state index in [4.69, 9.17) is 5.11 Å². The van der Waals surface area contributed by atoms with Crippen LogP contribution in [-0.2, 0) is 26.2 Å². The lowest BCUT2D eigenvalue weighted by molar-refractivity contribution is -0.124. The van der Waals surface area contributed by atoms with Gasteiger partial charge in [0.1, 0.15) is 23.2 Å². The van der Waals surface area contributed by atoms with Crippen LogP contribution in [0.4, 0.5) is 0 Å². The first-order valence-corrected chi connectivity index (χ1v) is 7.71. The number of nitrogens with one attached hydrogen (secondary N) is 2. The molecule has 0 spiro atoms. The Morgan fingerprint density at radius 1 is 1.62 bits per heavy atom. The smallest absolute Gasteiger partial charge is 0.352 e. The maximum Gasteiger partial charge on any atom is 0.352 e. The van der Waals surface area contributed by atoms with Gasteiger partial charge in [-0.2, -0.15) is 4.72 Å². The predicted molar refractivity (Wildman–Crippen MR) is 69.9 cm³/mol. The second kappa shape index (κ2) is 5.84. The van der Waals surface area contributed by atoms with Gasteiger partial charge in [-0.15, -0.1) is 0 Å². The van der Waals surface area contributed by atoms with Gasteiger partial charge < -0.3 is 9.67 Å². The Morgan fingerprint density at radius 3 is 2.86 bits per heavy atom. The summed E-state index contributed by atoms with van der Waals surface area (Å²) >= 11 is 0. The third-order valence-electron chi connectivity index (χ3n) is 2.90. The van der Waals surface area contributed by atoms with Crippen molar-refractivity contribution in [1.82, 2.24) is 14.8 Å². The highest BCUT2D eigenvalue weighted by atomic mass is 32.2. The van der Waals surface area contributed by atoms with Crippen LogP contribution >= 0.6 is 0 Å². The molecule has 0 unspecified atom stereocenters. The van der Waals surface area contributed by atoms with Gasteiger partial charge in [0.25, 0.3) is 5.91 Å². The van der Waals surface area contributed by atoms with E-state index >= 15 is 0 Å². The van der Waals surface area contributed by atoms with Crippen molar-refractivity contribution in [1.29, 1.82) is 0 Å². The molecule has 0 bridgehead atoms. The lowest BCUT2D eigenvalue weighted by atomic mass is 10.3. The standard InChI is InChI=1S/C11H15N3O6S/c1-2-3-14-5-7(4-9(14)11(16)17)21(18,19)13-8-6-20-12-10(8)15/h4-5,8,13H,2-3,6H2,1H3,(H,12,15)(H,16,17)/t8-/m1/s1. The number of nitrogens with zero attached hydrogens (tertiary/aromatic N) is 1. The van der Waals surface area contributed by atoms with E-state index in [2.05, 4.69) is 9.56 Å². The fourth-order valence-electron chi connectivity index (χ4n) is 1.92. The molecule has 1 aliphatic rings. The highest BCUT2D eigenvalue weighted by Gasteiger charge is 2.31. The van der Waals surface area contributed by atoms with E-state index < -0.39 is 27.9 Å². The van der Waals surface area contributed by atoms with E-state index in [9.17, 15) is 18.0 Å². The molecule has 1 atom stereocenters. The summed E-state index contributed by atoms with van der Waals surface area (Å²) < 4.78 is 27.9. The van der Waals surface area contributed by atoms with Crippen molar-refractivity contribution in [2.45, 2.75) is 30.8 Å². The molecule has 1 amide bonds. The quantitative estimate of drug-likeness (QED) is 0.637. The number of hydrogen-bond donors (Lipinski definition) is 3. The molecule has 0 aliphatic carbocycles. The first kappa shape index (κ1) is 15.5. The minimum absolute atomic E-state index is 0.121. The fraction of sp³-hybridized carbons (Fsp3) is 0.455. The fourth-order valence-corrected chi connectivity index (χ4v) is 3.14. The summed E-state index contributed by atoms with van der Waals surface area (Å²) in [6.07, 6.45) is 1.89. The SMILES string of the molecule is CCCn1cc(S(=O)(=O)N[C@@H]2CONC2=O)cc1C(=O)O. The summed E-state index contributed by atoms with van der Waals surface area (Å²) in [5, 5.41) is 9.08. The van der Waals surface area contributed by atoms with Gasteiger partial charge in [-0.25, -0.2) is 18.7 Å². The number of carbonyl (C=O) groups excluding carboxylic acids is 1. The van der Waals surface area contributed by atoms with E-state index in [1.807, 2.05) is 12.4 Å². The van der Waals surface area contributed by atoms with Crippen LogP contribution in [0.3, 0.4) is 0 Å². The van der Waals surface area contributed by atoms with Crippen LogP contribution < -0.4 is 10.2 Å². The van der Waals surface area contributed by atoms with E-state index in [0.29, 0.717) is 13.0 Å². The molecule has 1 aromatic heterocycles. The number of carbonyl (C=O) groups is 2. The minimum Gasteiger partial charge on any atom is -0.477 e. The van der Waals surface area contributed by atoms with Crippen molar-refractivity contribution in [3.8, 4) is 0 Å². The minimum atomic E-state index is -4.01. The largest absolute Gasteiger partial charge is 0.477 e. The van der Waals surface area contributed by atoms with Crippen LogP contribution in [0.1, 0.15) is 23.8 Å². The average molecular weight is 317 g/mol. The predicted octanol–water partition coefficient (Wildman–Crippen LogP) is -0.695. The number of aromatic carboxylic acids is 1. The molecular formula is C11H15N3O6S. The Labute approximate surface area is 120 Å². The van der Waals surface area contributed by atoms with Gasteiger partial charge in [-0.05, 0) is 12.5 Å². The Morgan fingerprint density at radius 2 is 2.33 bits per heavy atom. The van der Waals surface area contributed by atoms with Gasteiger partial charge in [0.15, 0.2) is 0 Å². The third kappa shape index (κ3) is 3.23. The number of aromatic nitrogens is 1. The zero-order valence-corrected chi connectivity index (χ0v) is 12.0. The van der Waals surface area contributed by atoms with Crippen molar-refractivity contribution in [3.63, 3.8) is 0 Å². The van der Waals surface area contributed by atoms with E-state index in [-0.39, 0.29) is 17.2 Å². The first-order valence-electron chi connectivity index (χ1n) is 6.22. The number of carboxylic acid groups (broad SMARTS) is 1. The monoisotopic (exact) mass is 317 g/mol. The number of hydrogen-bond acceptors (Lipinski definition) is 5. The number of sulfonamides is 1. The average Bonchev–Trinajstić information content (AvgIpc) is 2.97. The van der Waals surface area contributed by atoms with Gasteiger partial charge in [0, 0.05) is 12.7 Å². The molecule has 10 heteroatoms. The summed E-state index contributed by atoms with van der Waals surface area (Å²) in [6, 6.07) is 0.0337. The molecule has 3 N–H and O–H groups in total. The second-order valence-electron chi connectivity index (χ2n) is 4.51. The highest BCUT2D eigenvalue weighted by Crippen LogP contribution is 2.16. The Kier molecular flexibility index (Phi) is 4.30. The molecule has 1 aromatic rings. The van der Waals surface area contributed by atoms with Crippen molar-refractivity contribution in [3.05, 3.63) is 18.0 Å². The van der Waals surface area contributed by atoms with Gasteiger partial charge in [-0.1, -0.05) is 6.92 Å². The summed E-state index contributed by atoms with van der Waals surface area (Å²) in [4.78, 5) is 26.8. The number of hydroxylamine groups is 1. The van der Waals surface area contributed by atoms with Crippen LogP contribution in [0, 0.1) is 0 Å². The van der Waals surface area contributed by atoms with E-state index in [1.54, 1.807) is 0 Å². The number of aryl methyl sites for hydroxylation is 1. The van der Waals surface area contributed by atoms with E-state index in [0.717, 1.165) is 6.07 Å². The molecule has 9 nitrogen and oxygen atoms in total. The molecule has 1 aliphatic heterocycles. The lowest BCUT2D eigenvalue weighted by Crippen LogP contribution is -2.41. The number of rotatable bonds is 6. The Hall–Kier alpha value is -1.91. The van der Waals surface area contributed by atoms with Crippen molar-refractivity contribution in [2.75, 3.05) is 6.61 Å². The van der Waals surface area contributed by atoms with Crippen LogP contribution in [0.25, 0.3) is 0 Å². The van der Waals surface area contributed by atoms with Gasteiger partial charge in [0.2, 0.25) is 10.0 Å². The summed E-state index contributed by atoms with van der Waals surface area (Å²) in [6.45, 7) is 2.10. The molecular weight excluding hydrogens is 302 g/mol. The van der Waals surface area contributed by atoms with Crippen LogP contribution in [0.5, 0.6) is 0 Å². The summed E-state index contributed by atoms with van der Waals surface area (Å²) in [7, 11) is -4.01. The summed E-state index contributed by atoms with van der Waals surface area (Å²) in [5.41, 5.74) is 1.91. The molecule has 21 heavy (non-hydrogen) atoms. The number of amides is 1. The zero-order valence-electron chi connectivity index (χ0n) is 11.2. The molecule has 0 radical (unpaired) electrons. The Bertz CT molecular complexity index is 665. The normalized spacial score (nSPS) is 18.7. The molecule has 2 rings (SSSR count). The maximum atomic E-state index is 12.2. The topological polar surface area (TPSA) is 127 Å². The molecule has 1 saturated heterocycles. The number of carboxylic acids is 1. The van der Waals surface area contributed by atoms with Crippen LogP contribution in [0.15, 0.2) is 17.2 Å². The molecule has 116 valence electrons. The molecule has 0 aromatic carbocycles.